The van der Waals surface area contributed by atoms with Gasteiger partial charge in [0.2, 0.25) is 0 Å². The van der Waals surface area contributed by atoms with Crippen molar-refractivity contribution < 1.29 is 27.6 Å². The number of anilines is 1. The Labute approximate surface area is 198 Å². The maximum absolute atomic E-state index is 13.2. The number of carbonyl (C=O) groups excluding carboxylic acids is 3. The number of carbonyl (C=O) groups is 3. The predicted octanol–water partition coefficient (Wildman–Crippen LogP) is 4.55. The van der Waals surface area contributed by atoms with Gasteiger partial charge in [0.15, 0.2) is 0 Å². The van der Waals surface area contributed by atoms with E-state index in [-0.39, 0.29) is 28.3 Å². The molecule has 1 aromatic carbocycles. The van der Waals surface area contributed by atoms with Crippen LogP contribution >= 0.6 is 11.8 Å². The van der Waals surface area contributed by atoms with E-state index >= 15 is 0 Å². The zero-order valence-corrected chi connectivity index (χ0v) is 19.2. The summed E-state index contributed by atoms with van der Waals surface area (Å²) in [5, 5.41) is 2.66. The molecule has 2 unspecified atom stereocenters. The molecule has 2 aliphatic heterocycles. The van der Waals surface area contributed by atoms with Crippen LogP contribution in [0.2, 0.25) is 0 Å². The zero-order chi connectivity index (χ0) is 24.5. The molecule has 1 aromatic heterocycles. The lowest BCUT2D eigenvalue weighted by Gasteiger charge is -2.28. The third-order valence-electron chi connectivity index (χ3n) is 6.02. The van der Waals surface area contributed by atoms with Crippen molar-refractivity contribution in [1.82, 2.24) is 15.2 Å². The first kappa shape index (κ1) is 24.1. The van der Waals surface area contributed by atoms with Gasteiger partial charge in [-0.15, -0.1) is 0 Å². The summed E-state index contributed by atoms with van der Waals surface area (Å²) < 4.78 is 37.7. The van der Waals surface area contributed by atoms with Gasteiger partial charge in [-0.05, 0) is 66.9 Å². The minimum atomic E-state index is -4.43. The van der Waals surface area contributed by atoms with E-state index in [9.17, 15) is 27.6 Å². The van der Waals surface area contributed by atoms with Crippen molar-refractivity contribution >= 4 is 35.3 Å². The van der Waals surface area contributed by atoms with Crippen molar-refractivity contribution in [2.75, 3.05) is 18.0 Å². The number of alkyl halides is 3. The Morgan fingerprint density at radius 1 is 1.12 bits per heavy atom. The van der Waals surface area contributed by atoms with Gasteiger partial charge in [-0.2, -0.15) is 13.2 Å². The van der Waals surface area contributed by atoms with Crippen LogP contribution in [0.25, 0.3) is 0 Å². The van der Waals surface area contributed by atoms with Gasteiger partial charge in [0, 0.05) is 36.3 Å². The fraction of sp³-hybridized carbons (Fsp3) is 0.391. The number of rotatable bonds is 5. The maximum atomic E-state index is 13.2. The molecule has 2 aromatic rings. The molecule has 2 aliphatic rings. The van der Waals surface area contributed by atoms with E-state index in [0.717, 1.165) is 24.2 Å². The molecule has 0 spiro atoms. The number of halogens is 3. The Morgan fingerprint density at radius 3 is 2.44 bits per heavy atom. The number of urea groups is 1. The Balaban J connectivity index is 1.54. The Hall–Kier alpha value is -3.08. The third kappa shape index (κ3) is 5.03. The highest BCUT2D eigenvalue weighted by Crippen LogP contribution is 2.38. The molecule has 11 heteroatoms. The fourth-order valence-corrected chi connectivity index (χ4v) is 4.85. The number of likely N-dealkylation sites (tertiary alicyclic amines) is 1. The molecular formula is C23H23F3N4O3S. The average Bonchev–Trinajstić information content (AvgIpc) is 3.12. The van der Waals surface area contributed by atoms with Crippen LogP contribution < -0.4 is 10.2 Å². The summed E-state index contributed by atoms with van der Waals surface area (Å²) in [7, 11) is 0. The van der Waals surface area contributed by atoms with Gasteiger partial charge in [-0.3, -0.25) is 14.6 Å². The van der Waals surface area contributed by atoms with Crippen LogP contribution in [0.3, 0.4) is 0 Å². The highest BCUT2D eigenvalue weighted by Gasteiger charge is 2.43. The van der Waals surface area contributed by atoms with E-state index in [1.807, 2.05) is 0 Å². The van der Waals surface area contributed by atoms with E-state index in [2.05, 4.69) is 10.3 Å². The number of imide groups is 1. The number of piperidine rings is 1. The number of benzene rings is 1. The summed E-state index contributed by atoms with van der Waals surface area (Å²) in [6.45, 7) is 3.08. The van der Waals surface area contributed by atoms with E-state index in [4.69, 9.17) is 0 Å². The van der Waals surface area contributed by atoms with Gasteiger partial charge < -0.3 is 10.2 Å². The van der Waals surface area contributed by atoms with Crippen LogP contribution in [0.1, 0.15) is 48.0 Å². The number of hydrogen-bond acceptors (Lipinski definition) is 5. The lowest BCUT2D eigenvalue weighted by molar-refractivity contribution is -0.118. The Bertz CT molecular complexity index is 1090. The third-order valence-corrected chi connectivity index (χ3v) is 6.76. The minimum Gasteiger partial charge on any atom is -0.339 e. The van der Waals surface area contributed by atoms with Crippen molar-refractivity contribution in [1.29, 1.82) is 0 Å². The molecule has 0 radical (unpaired) electrons. The first-order valence-corrected chi connectivity index (χ1v) is 11.7. The molecule has 0 bridgehead atoms. The lowest BCUT2D eigenvalue weighted by atomic mass is 9.90. The number of hydrogen-bond donors (Lipinski definition) is 1. The standard InChI is InChI=1S/C23H23F3N4O3S/c1-14(17-9-10-27-13-18(17)20(31)29-11-3-2-4-12-29)19-21(32)30(22(33)28-19)15-5-7-16(8-6-15)34-23(24,25)26/h5-10,13-14,19H,2-4,11-12H2,1H3,(H,28,33). The van der Waals surface area contributed by atoms with Gasteiger partial charge in [0.1, 0.15) is 6.04 Å². The van der Waals surface area contributed by atoms with Gasteiger partial charge in [-0.25, -0.2) is 9.69 Å². The van der Waals surface area contributed by atoms with Crippen molar-refractivity contribution in [3.8, 4) is 0 Å². The van der Waals surface area contributed by atoms with Crippen molar-refractivity contribution in [2.24, 2.45) is 0 Å². The van der Waals surface area contributed by atoms with Crippen LogP contribution in [0.15, 0.2) is 47.6 Å². The normalized spacial score (nSPS) is 19.8. The van der Waals surface area contributed by atoms with E-state index < -0.39 is 29.4 Å². The van der Waals surface area contributed by atoms with Crippen LogP contribution in [0, 0.1) is 0 Å². The number of nitrogens with zero attached hydrogens (tertiary/aromatic N) is 3. The molecular weight excluding hydrogens is 469 g/mol. The fourth-order valence-electron chi connectivity index (χ4n) is 4.31. The average molecular weight is 493 g/mol. The van der Waals surface area contributed by atoms with E-state index in [0.29, 0.717) is 24.2 Å². The number of amides is 4. The van der Waals surface area contributed by atoms with Crippen molar-refractivity contribution in [2.45, 2.75) is 48.5 Å². The molecule has 34 heavy (non-hydrogen) atoms. The second-order valence-electron chi connectivity index (χ2n) is 8.25. The molecule has 0 saturated carbocycles. The van der Waals surface area contributed by atoms with Gasteiger partial charge in [0.05, 0.1) is 11.3 Å². The summed E-state index contributed by atoms with van der Waals surface area (Å²) >= 11 is -0.274. The van der Waals surface area contributed by atoms with Crippen LogP contribution in [-0.2, 0) is 4.79 Å². The molecule has 2 atom stereocenters. The first-order valence-electron chi connectivity index (χ1n) is 10.9. The highest BCUT2D eigenvalue weighted by atomic mass is 32.2. The quantitative estimate of drug-likeness (QED) is 0.489. The summed E-state index contributed by atoms with van der Waals surface area (Å²) in [6, 6.07) is 5.09. The van der Waals surface area contributed by atoms with Gasteiger partial charge in [-0.1, -0.05) is 6.92 Å². The van der Waals surface area contributed by atoms with Crippen LogP contribution in [-0.4, -0.2) is 52.4 Å². The summed E-state index contributed by atoms with van der Waals surface area (Å²) in [5.74, 6) is -1.23. The second kappa shape index (κ2) is 9.65. The zero-order valence-electron chi connectivity index (χ0n) is 18.3. The SMILES string of the molecule is CC(c1ccncc1C(=O)N1CCCCC1)C1NC(=O)N(c2ccc(SC(F)(F)F)cc2)C1=O. The molecule has 3 heterocycles. The largest absolute Gasteiger partial charge is 0.446 e. The summed E-state index contributed by atoms with van der Waals surface area (Å²) in [6.07, 6.45) is 5.97. The topological polar surface area (TPSA) is 82.6 Å². The predicted molar refractivity (Wildman–Crippen MR) is 121 cm³/mol. The molecule has 2 fully saturated rings. The van der Waals surface area contributed by atoms with Crippen molar-refractivity contribution in [3.63, 3.8) is 0 Å². The summed E-state index contributed by atoms with van der Waals surface area (Å²) in [4.78, 5) is 45.7. The van der Waals surface area contributed by atoms with Gasteiger partial charge >= 0.3 is 11.5 Å². The van der Waals surface area contributed by atoms with Crippen LogP contribution in [0.4, 0.5) is 23.7 Å². The van der Waals surface area contributed by atoms with Crippen LogP contribution in [0.5, 0.6) is 0 Å². The monoisotopic (exact) mass is 492 g/mol. The number of nitrogens with one attached hydrogen (secondary N) is 1. The summed E-state index contributed by atoms with van der Waals surface area (Å²) in [5.41, 5.74) is -3.27. The molecule has 1 N–H and O–H groups in total. The number of pyridine rings is 1. The molecule has 7 nitrogen and oxygen atoms in total. The first-order chi connectivity index (χ1) is 16.2. The molecule has 4 rings (SSSR count). The second-order valence-corrected chi connectivity index (χ2v) is 9.39. The van der Waals surface area contributed by atoms with Gasteiger partial charge in [0.25, 0.3) is 11.8 Å². The molecule has 180 valence electrons. The molecule has 2 saturated heterocycles. The molecule has 0 aliphatic carbocycles. The minimum absolute atomic E-state index is 0.0501. The molecule has 4 amide bonds. The Morgan fingerprint density at radius 2 is 1.79 bits per heavy atom. The van der Waals surface area contributed by atoms with E-state index in [1.54, 1.807) is 17.9 Å². The highest BCUT2D eigenvalue weighted by molar-refractivity contribution is 8.00. The Kier molecular flexibility index (Phi) is 6.83. The number of aromatic nitrogens is 1. The lowest BCUT2D eigenvalue weighted by Crippen LogP contribution is -2.38. The van der Waals surface area contributed by atoms with E-state index in [1.165, 1.54) is 36.7 Å². The van der Waals surface area contributed by atoms with Crippen molar-refractivity contribution in [3.05, 3.63) is 53.9 Å². The number of thioether (sulfide) groups is 1. The maximum Gasteiger partial charge on any atom is 0.446 e. The smallest absolute Gasteiger partial charge is 0.339 e.